The number of Topliss-reactive ketones (excluding diaryl/α,β-unsaturated/α-hetero) is 1. The highest BCUT2D eigenvalue weighted by Crippen LogP contribution is 2.34. The van der Waals surface area contributed by atoms with Gasteiger partial charge in [-0.05, 0) is 57.0 Å². The van der Waals surface area contributed by atoms with Crippen molar-refractivity contribution in [1.29, 1.82) is 0 Å². The fourth-order valence-corrected chi connectivity index (χ4v) is 4.01. The Bertz CT molecular complexity index is 1410. The van der Waals surface area contributed by atoms with Crippen molar-refractivity contribution in [1.82, 2.24) is 4.57 Å². The van der Waals surface area contributed by atoms with E-state index in [0.29, 0.717) is 27.3 Å². The first kappa shape index (κ1) is 27.6. The number of esters is 1. The normalized spacial score (nSPS) is 12.1. The monoisotopic (exact) mass is 526 g/mol. The van der Waals surface area contributed by atoms with Crippen molar-refractivity contribution in [2.75, 3.05) is 7.11 Å². The summed E-state index contributed by atoms with van der Waals surface area (Å²) in [5.74, 6) is -0.640. The predicted octanol–water partition coefficient (Wildman–Crippen LogP) is 5.41. The molecular formula is C27H27ClN2O7. The fraction of sp³-hybridized carbons (Fsp3) is 0.296. The van der Waals surface area contributed by atoms with Crippen LogP contribution in [0.5, 0.6) is 5.75 Å². The van der Waals surface area contributed by atoms with E-state index >= 15 is 0 Å². The van der Waals surface area contributed by atoms with E-state index in [4.69, 9.17) is 21.1 Å². The van der Waals surface area contributed by atoms with Gasteiger partial charge in [-0.25, -0.2) is 4.79 Å². The first-order chi connectivity index (χ1) is 17.3. The van der Waals surface area contributed by atoms with Gasteiger partial charge in [-0.3, -0.25) is 24.3 Å². The molecule has 0 N–H and O–H groups in total. The molecule has 194 valence electrons. The summed E-state index contributed by atoms with van der Waals surface area (Å²) in [7, 11) is 1.41. The first-order valence-electron chi connectivity index (χ1n) is 11.4. The topological polar surface area (TPSA) is 118 Å². The van der Waals surface area contributed by atoms with E-state index in [1.54, 1.807) is 39.0 Å². The van der Waals surface area contributed by atoms with Crippen LogP contribution in [-0.4, -0.2) is 34.0 Å². The van der Waals surface area contributed by atoms with Crippen LogP contribution in [0, 0.1) is 10.1 Å². The number of rotatable bonds is 8. The third-order valence-corrected chi connectivity index (χ3v) is 5.74. The number of ketones is 1. The Balaban J connectivity index is 2.15. The van der Waals surface area contributed by atoms with Crippen LogP contribution in [0.1, 0.15) is 49.7 Å². The van der Waals surface area contributed by atoms with Gasteiger partial charge >= 0.3 is 5.97 Å². The minimum atomic E-state index is -1.09. The summed E-state index contributed by atoms with van der Waals surface area (Å²) in [6, 6.07) is 10.6. The van der Waals surface area contributed by atoms with Gasteiger partial charge in [0.05, 0.1) is 18.2 Å². The molecule has 1 heterocycles. The van der Waals surface area contributed by atoms with Crippen molar-refractivity contribution in [3.8, 4) is 16.9 Å². The molecule has 3 aromatic rings. The number of carbonyl (C=O) groups excluding carboxylic acids is 2. The van der Waals surface area contributed by atoms with Gasteiger partial charge in [0.1, 0.15) is 17.4 Å². The highest BCUT2D eigenvalue weighted by atomic mass is 35.5. The summed E-state index contributed by atoms with van der Waals surface area (Å²) in [4.78, 5) is 49.4. The van der Waals surface area contributed by atoms with E-state index in [9.17, 15) is 24.5 Å². The van der Waals surface area contributed by atoms with Crippen LogP contribution in [0.2, 0.25) is 5.02 Å². The Kier molecular flexibility index (Phi) is 8.18. The van der Waals surface area contributed by atoms with Gasteiger partial charge in [0.2, 0.25) is 0 Å². The molecule has 9 nitrogen and oxygen atoms in total. The maximum Gasteiger partial charge on any atom is 0.330 e. The van der Waals surface area contributed by atoms with Gasteiger partial charge in [0.25, 0.3) is 11.2 Å². The van der Waals surface area contributed by atoms with Gasteiger partial charge in [0, 0.05) is 40.8 Å². The van der Waals surface area contributed by atoms with Crippen molar-refractivity contribution >= 4 is 29.0 Å². The minimum Gasteiger partial charge on any atom is -0.495 e. The second kappa shape index (κ2) is 11.0. The Morgan fingerprint density at radius 2 is 1.73 bits per heavy atom. The molecule has 0 aliphatic heterocycles. The highest BCUT2D eigenvalue weighted by Gasteiger charge is 2.29. The molecule has 0 radical (unpaired) electrons. The molecule has 0 aliphatic rings. The van der Waals surface area contributed by atoms with Crippen LogP contribution in [0.15, 0.2) is 59.5 Å². The van der Waals surface area contributed by atoms with Crippen molar-refractivity contribution in [2.24, 2.45) is 0 Å². The predicted molar refractivity (Wildman–Crippen MR) is 139 cm³/mol. The molecule has 3 rings (SSSR count). The van der Waals surface area contributed by atoms with Crippen LogP contribution < -0.4 is 10.3 Å². The average Bonchev–Trinajstić information content (AvgIpc) is 2.81. The molecule has 0 amide bonds. The Hall–Kier alpha value is -3.98. The third kappa shape index (κ3) is 6.62. The summed E-state index contributed by atoms with van der Waals surface area (Å²) < 4.78 is 12.3. The van der Waals surface area contributed by atoms with E-state index in [0.717, 1.165) is 0 Å². The summed E-state index contributed by atoms with van der Waals surface area (Å²) in [6.07, 6.45) is 1.42. The maximum absolute atomic E-state index is 13.4. The van der Waals surface area contributed by atoms with Gasteiger partial charge < -0.3 is 9.47 Å². The van der Waals surface area contributed by atoms with Crippen molar-refractivity contribution < 1.29 is 24.0 Å². The number of nitro groups is 1. The zero-order chi connectivity index (χ0) is 27.5. The molecule has 1 aromatic heterocycles. The molecule has 37 heavy (non-hydrogen) atoms. The molecule has 0 fully saturated rings. The van der Waals surface area contributed by atoms with Gasteiger partial charge in [-0.1, -0.05) is 23.7 Å². The van der Waals surface area contributed by atoms with Gasteiger partial charge in [-0.15, -0.1) is 0 Å². The lowest BCUT2D eigenvalue weighted by atomic mass is 9.97. The van der Waals surface area contributed by atoms with Crippen LogP contribution >= 0.6 is 11.6 Å². The number of benzene rings is 2. The molecule has 1 atom stereocenters. The Morgan fingerprint density at radius 1 is 1.08 bits per heavy atom. The van der Waals surface area contributed by atoms with Gasteiger partial charge in [-0.2, -0.15) is 0 Å². The molecule has 2 aromatic carbocycles. The number of aromatic nitrogens is 1. The van der Waals surface area contributed by atoms with E-state index < -0.39 is 28.1 Å². The van der Waals surface area contributed by atoms with Crippen molar-refractivity contribution in [3.63, 3.8) is 0 Å². The molecule has 0 saturated heterocycles. The lowest BCUT2D eigenvalue weighted by molar-refractivity contribution is -0.384. The fourth-order valence-electron chi connectivity index (χ4n) is 3.83. The summed E-state index contributed by atoms with van der Waals surface area (Å²) in [5, 5.41) is 11.4. The first-order valence-corrected chi connectivity index (χ1v) is 11.8. The second-order valence-corrected chi connectivity index (χ2v) is 9.86. The Morgan fingerprint density at radius 3 is 2.27 bits per heavy atom. The number of halogens is 1. The average molecular weight is 527 g/mol. The molecule has 1 unspecified atom stereocenters. The van der Waals surface area contributed by atoms with E-state index in [1.165, 1.54) is 55.1 Å². The molecule has 0 spiro atoms. The van der Waals surface area contributed by atoms with Crippen LogP contribution in [0.4, 0.5) is 5.69 Å². The van der Waals surface area contributed by atoms with Crippen LogP contribution in [0.25, 0.3) is 11.1 Å². The number of hydrogen-bond donors (Lipinski definition) is 0. The molecule has 0 aliphatic carbocycles. The minimum absolute atomic E-state index is 0.0329. The highest BCUT2D eigenvalue weighted by molar-refractivity contribution is 6.31. The summed E-state index contributed by atoms with van der Waals surface area (Å²) in [5.41, 5.74) is 0.251. The third-order valence-electron chi connectivity index (χ3n) is 5.51. The van der Waals surface area contributed by atoms with Crippen molar-refractivity contribution in [3.05, 3.63) is 91.3 Å². The molecule has 0 bridgehead atoms. The van der Waals surface area contributed by atoms with E-state index in [-0.39, 0.29) is 23.6 Å². The van der Waals surface area contributed by atoms with Crippen LogP contribution in [0.3, 0.4) is 0 Å². The van der Waals surface area contributed by atoms with E-state index in [1.807, 2.05) is 0 Å². The van der Waals surface area contributed by atoms with E-state index in [2.05, 4.69) is 0 Å². The largest absolute Gasteiger partial charge is 0.495 e. The number of nitrogens with zero attached hydrogens (tertiary/aromatic N) is 2. The molecular weight excluding hydrogens is 500 g/mol. The van der Waals surface area contributed by atoms with Crippen molar-refractivity contribution in [2.45, 2.75) is 45.8 Å². The molecule has 0 saturated carbocycles. The Labute approximate surface area is 218 Å². The van der Waals surface area contributed by atoms with Gasteiger partial charge in [0.15, 0.2) is 5.78 Å². The number of nitro benzene ring substituents is 1. The standard InChI is InChI=1S/C27H27ClN2O7/c1-16(31)20-11-8-18(28)13-21(20)22-14-25(32)29(15-24(22)36-5)23(26(33)37-27(2,3)4)12-17-6-9-19(10-7-17)30(34)35/h6-11,13-15,23H,12H2,1-5H3. The quantitative estimate of drug-likeness (QED) is 0.166. The zero-order valence-electron chi connectivity index (χ0n) is 21.1. The second-order valence-electron chi connectivity index (χ2n) is 9.42. The lowest BCUT2D eigenvalue weighted by Crippen LogP contribution is -2.36. The summed E-state index contributed by atoms with van der Waals surface area (Å²) >= 11 is 6.17. The number of ether oxygens (including phenoxy) is 2. The number of carbonyl (C=O) groups is 2. The maximum atomic E-state index is 13.4. The smallest absolute Gasteiger partial charge is 0.330 e. The van der Waals surface area contributed by atoms with Crippen LogP contribution in [-0.2, 0) is 16.0 Å². The number of pyridine rings is 1. The lowest BCUT2D eigenvalue weighted by Gasteiger charge is -2.26. The SMILES string of the molecule is COc1cn(C(Cc2ccc([N+](=O)[O-])cc2)C(=O)OC(C)(C)C)c(=O)cc1-c1cc(Cl)ccc1C(C)=O. The number of hydrogen-bond acceptors (Lipinski definition) is 7. The number of non-ortho nitro benzene ring substituents is 1. The number of methoxy groups -OCH3 is 1. The zero-order valence-corrected chi connectivity index (χ0v) is 21.9. The summed E-state index contributed by atoms with van der Waals surface area (Å²) in [6.45, 7) is 6.54. The molecule has 10 heteroatoms.